The summed E-state index contributed by atoms with van der Waals surface area (Å²) < 4.78 is 0. The van der Waals surface area contributed by atoms with Gasteiger partial charge in [-0.3, -0.25) is 9.78 Å². The molecule has 0 amide bonds. The molecular weight excluding hydrogens is 174 g/mol. The predicted octanol–water partition coefficient (Wildman–Crippen LogP) is 2.96. The monoisotopic (exact) mass is 185 g/mol. The van der Waals surface area contributed by atoms with Crippen molar-refractivity contribution in [3.05, 3.63) is 29.0 Å². The van der Waals surface area contributed by atoms with Crippen LogP contribution in [-0.4, -0.2) is 10.8 Å². The number of Topliss-reactive ketones (excluding diaryl/α,β-unsaturated/α-hetero) is 1. The summed E-state index contributed by atoms with van der Waals surface area (Å²) in [4.78, 5) is 14.4. The largest absolute Gasteiger partial charge is 0.293 e. The van der Waals surface area contributed by atoms with Crippen molar-refractivity contribution in [2.45, 2.75) is 20.8 Å². The summed E-state index contributed by atoms with van der Waals surface area (Å²) in [6, 6.07) is 3.25. The van der Waals surface area contributed by atoms with E-state index in [0.717, 1.165) is 0 Å². The van der Waals surface area contributed by atoms with Crippen molar-refractivity contribution in [2.24, 2.45) is 0 Å². The number of carbonyl (C=O) groups is 1. The molecule has 1 heterocycles. The molecule has 0 spiro atoms. The number of nitrogens with zero attached hydrogens (tertiary/aromatic N) is 1. The zero-order valence-corrected chi connectivity index (χ0v) is 8.22. The van der Waals surface area contributed by atoms with Crippen LogP contribution in [0.1, 0.15) is 31.3 Å². The van der Waals surface area contributed by atoms with E-state index in [1.54, 1.807) is 12.1 Å². The van der Waals surface area contributed by atoms with Crippen LogP contribution in [0, 0.1) is 0 Å². The first kappa shape index (κ1) is 11.1. The molecule has 0 aromatic carbocycles. The fourth-order valence-corrected chi connectivity index (χ4v) is 0.696. The number of aromatic nitrogens is 1. The van der Waals surface area contributed by atoms with Crippen LogP contribution >= 0.6 is 11.6 Å². The average molecular weight is 186 g/mol. The van der Waals surface area contributed by atoms with Gasteiger partial charge in [0.25, 0.3) is 0 Å². The molecule has 1 aromatic heterocycles. The first-order valence-corrected chi connectivity index (χ1v) is 4.20. The van der Waals surface area contributed by atoms with E-state index in [1.807, 2.05) is 13.8 Å². The van der Waals surface area contributed by atoms with Crippen LogP contribution in [0.25, 0.3) is 0 Å². The third-order valence-electron chi connectivity index (χ3n) is 1.09. The molecule has 3 heteroatoms. The maximum Gasteiger partial charge on any atom is 0.178 e. The first-order chi connectivity index (χ1) is 5.70. The zero-order chi connectivity index (χ0) is 9.56. The van der Waals surface area contributed by atoms with Crippen molar-refractivity contribution in [2.75, 3.05) is 0 Å². The summed E-state index contributed by atoms with van der Waals surface area (Å²) in [6.07, 6.45) is 1.46. The van der Waals surface area contributed by atoms with Gasteiger partial charge in [-0.25, -0.2) is 0 Å². The zero-order valence-electron chi connectivity index (χ0n) is 7.47. The molecule has 0 aliphatic rings. The Bertz CT molecular complexity index is 243. The van der Waals surface area contributed by atoms with E-state index in [4.69, 9.17) is 11.6 Å². The predicted molar refractivity (Wildman–Crippen MR) is 50.6 cm³/mol. The highest BCUT2D eigenvalue weighted by atomic mass is 35.5. The first-order valence-electron chi connectivity index (χ1n) is 3.82. The molecule has 1 aromatic rings. The Morgan fingerprint density at radius 2 is 2.00 bits per heavy atom. The maximum absolute atomic E-state index is 10.7. The second kappa shape index (κ2) is 5.72. The molecular formula is C9H12ClNO. The van der Waals surface area contributed by atoms with Crippen molar-refractivity contribution in [1.29, 1.82) is 0 Å². The normalized spacial score (nSPS) is 8.33. The molecule has 0 fully saturated rings. The van der Waals surface area contributed by atoms with E-state index in [0.29, 0.717) is 10.7 Å². The van der Waals surface area contributed by atoms with Crippen molar-refractivity contribution in [3.63, 3.8) is 0 Å². The van der Waals surface area contributed by atoms with Crippen molar-refractivity contribution in [1.82, 2.24) is 4.98 Å². The number of rotatable bonds is 1. The fraction of sp³-hybridized carbons (Fsp3) is 0.333. The molecule has 2 nitrogen and oxygen atoms in total. The summed E-state index contributed by atoms with van der Waals surface area (Å²) in [5, 5.41) is 0.546. The lowest BCUT2D eigenvalue weighted by Gasteiger charge is -1.91. The molecule has 0 bridgehead atoms. The fourth-order valence-electron chi connectivity index (χ4n) is 0.584. The van der Waals surface area contributed by atoms with E-state index in [9.17, 15) is 4.79 Å². The SMILES string of the molecule is CC.CC(=O)c1ccc(Cl)cn1. The number of pyridine rings is 1. The van der Waals surface area contributed by atoms with Crippen LogP contribution in [-0.2, 0) is 0 Å². The van der Waals surface area contributed by atoms with Crippen molar-refractivity contribution in [3.8, 4) is 0 Å². The van der Waals surface area contributed by atoms with Crippen LogP contribution in [0.3, 0.4) is 0 Å². The standard InChI is InChI=1S/C7H6ClNO.C2H6/c1-5(10)7-3-2-6(8)4-9-7;1-2/h2-4H,1H3;1-2H3. The lowest BCUT2D eigenvalue weighted by atomic mass is 10.3. The van der Waals surface area contributed by atoms with Gasteiger partial charge in [-0.15, -0.1) is 0 Å². The van der Waals surface area contributed by atoms with Crippen molar-refractivity contribution < 1.29 is 4.79 Å². The molecule has 0 aliphatic heterocycles. The quantitative estimate of drug-likeness (QED) is 0.630. The summed E-state index contributed by atoms with van der Waals surface area (Å²) in [6.45, 7) is 5.47. The van der Waals surface area contributed by atoms with E-state index in [2.05, 4.69) is 4.98 Å². The minimum absolute atomic E-state index is 0.0448. The molecule has 0 aliphatic carbocycles. The molecule has 66 valence electrons. The maximum atomic E-state index is 10.7. The number of halogens is 1. The van der Waals surface area contributed by atoms with Gasteiger partial charge in [0, 0.05) is 13.1 Å². The Kier molecular flexibility index (Phi) is 5.30. The van der Waals surface area contributed by atoms with Crippen LogP contribution in [0.15, 0.2) is 18.3 Å². The minimum Gasteiger partial charge on any atom is -0.293 e. The van der Waals surface area contributed by atoms with Gasteiger partial charge in [0.15, 0.2) is 5.78 Å². The second-order valence-corrected chi connectivity index (χ2v) is 2.35. The molecule has 12 heavy (non-hydrogen) atoms. The van der Waals surface area contributed by atoms with Crippen LogP contribution < -0.4 is 0 Å². The topological polar surface area (TPSA) is 30.0 Å². The lowest BCUT2D eigenvalue weighted by molar-refractivity contribution is 0.101. The number of hydrogen-bond acceptors (Lipinski definition) is 2. The van der Waals surface area contributed by atoms with Gasteiger partial charge < -0.3 is 0 Å². The third kappa shape index (κ3) is 3.49. The number of ketones is 1. The molecule has 0 N–H and O–H groups in total. The summed E-state index contributed by atoms with van der Waals surface area (Å²) in [5.41, 5.74) is 0.449. The van der Waals surface area contributed by atoms with Gasteiger partial charge in [0.1, 0.15) is 5.69 Å². The molecule has 0 saturated carbocycles. The Hall–Kier alpha value is -0.890. The smallest absolute Gasteiger partial charge is 0.178 e. The molecule has 0 radical (unpaired) electrons. The van der Waals surface area contributed by atoms with E-state index < -0.39 is 0 Å². The van der Waals surface area contributed by atoms with Crippen LogP contribution in [0.5, 0.6) is 0 Å². The summed E-state index contributed by atoms with van der Waals surface area (Å²) in [7, 11) is 0. The van der Waals surface area contributed by atoms with Gasteiger partial charge in [-0.1, -0.05) is 25.4 Å². The van der Waals surface area contributed by atoms with Crippen LogP contribution in [0.2, 0.25) is 5.02 Å². The molecule has 1 rings (SSSR count). The average Bonchev–Trinajstić information content (AvgIpc) is 2.09. The number of carbonyl (C=O) groups excluding carboxylic acids is 1. The van der Waals surface area contributed by atoms with E-state index in [1.165, 1.54) is 13.1 Å². The highest BCUT2D eigenvalue weighted by Crippen LogP contribution is 2.05. The molecule has 0 unspecified atom stereocenters. The molecule has 0 saturated heterocycles. The Labute approximate surface area is 77.6 Å². The van der Waals surface area contributed by atoms with Gasteiger partial charge in [-0.2, -0.15) is 0 Å². The summed E-state index contributed by atoms with van der Waals surface area (Å²) in [5.74, 6) is -0.0448. The van der Waals surface area contributed by atoms with Gasteiger partial charge in [0.05, 0.1) is 5.02 Å². The van der Waals surface area contributed by atoms with Gasteiger partial charge >= 0.3 is 0 Å². The van der Waals surface area contributed by atoms with Crippen LogP contribution in [0.4, 0.5) is 0 Å². The van der Waals surface area contributed by atoms with Gasteiger partial charge in [-0.05, 0) is 12.1 Å². The van der Waals surface area contributed by atoms with Crippen molar-refractivity contribution >= 4 is 17.4 Å². The number of hydrogen-bond donors (Lipinski definition) is 0. The van der Waals surface area contributed by atoms with E-state index in [-0.39, 0.29) is 5.78 Å². The second-order valence-electron chi connectivity index (χ2n) is 1.92. The van der Waals surface area contributed by atoms with E-state index >= 15 is 0 Å². The minimum atomic E-state index is -0.0448. The summed E-state index contributed by atoms with van der Waals surface area (Å²) >= 11 is 5.54. The Morgan fingerprint density at radius 3 is 2.33 bits per heavy atom. The van der Waals surface area contributed by atoms with Gasteiger partial charge in [0.2, 0.25) is 0 Å². The Morgan fingerprint density at radius 1 is 1.42 bits per heavy atom. The highest BCUT2D eigenvalue weighted by Gasteiger charge is 1.97. The molecule has 0 atom stereocenters. The Balaban J connectivity index is 0.000000561. The highest BCUT2D eigenvalue weighted by molar-refractivity contribution is 6.30. The lowest BCUT2D eigenvalue weighted by Crippen LogP contribution is -1.94. The third-order valence-corrected chi connectivity index (χ3v) is 1.31.